The molecule has 310 valence electrons. The van der Waals surface area contributed by atoms with Crippen LogP contribution in [0.3, 0.4) is 0 Å². The molecule has 3 heteroatoms. The van der Waals surface area contributed by atoms with Crippen molar-refractivity contribution in [3.8, 4) is 44.8 Å². The highest BCUT2D eigenvalue weighted by Gasteiger charge is 2.20. The number of nitrogens with zero attached hydrogens (tertiary/aromatic N) is 3. The first kappa shape index (κ1) is 36.4. The van der Waals surface area contributed by atoms with E-state index < -0.39 is 0 Å². The maximum absolute atomic E-state index is 2.44. The summed E-state index contributed by atoms with van der Waals surface area (Å²) < 4.78 is 7.27. The van der Waals surface area contributed by atoms with Gasteiger partial charge in [-0.05, 0) is 129 Å². The van der Waals surface area contributed by atoms with Crippen LogP contribution in [0.4, 0.5) is 0 Å². The van der Waals surface area contributed by atoms with Crippen LogP contribution in [0, 0.1) is 0 Å². The molecule has 0 bridgehead atoms. The van der Waals surface area contributed by atoms with Gasteiger partial charge in [-0.2, -0.15) is 0 Å². The third kappa shape index (κ3) is 5.28. The Kier molecular flexibility index (Phi) is 7.50. The molecule has 15 aromatic rings. The molecule has 0 aliphatic rings. The Labute approximate surface area is 385 Å². The van der Waals surface area contributed by atoms with E-state index >= 15 is 0 Å². The highest BCUT2D eigenvalue weighted by molar-refractivity contribution is 6.24. The molecule has 11 aromatic carbocycles. The van der Waals surface area contributed by atoms with Gasteiger partial charge in [-0.25, -0.2) is 0 Å². The molecule has 0 amide bonds. The van der Waals surface area contributed by atoms with E-state index in [1.54, 1.807) is 0 Å². The minimum Gasteiger partial charge on any atom is -0.309 e. The van der Waals surface area contributed by atoms with Gasteiger partial charge in [0.05, 0.1) is 38.6 Å². The van der Waals surface area contributed by atoms with Crippen LogP contribution in [0.1, 0.15) is 0 Å². The number of para-hydroxylation sites is 4. The highest BCUT2D eigenvalue weighted by atomic mass is 15.0. The maximum Gasteiger partial charge on any atom is 0.0620 e. The largest absolute Gasteiger partial charge is 0.309 e. The van der Waals surface area contributed by atoms with Gasteiger partial charge < -0.3 is 13.5 Å². The van der Waals surface area contributed by atoms with Crippen molar-refractivity contribution in [3.63, 3.8) is 0 Å². The Morgan fingerprint density at radius 3 is 1.13 bits per heavy atom. The van der Waals surface area contributed by atoms with E-state index in [1.165, 1.54) is 132 Å². The van der Waals surface area contributed by atoms with Crippen molar-refractivity contribution in [1.82, 2.24) is 13.5 Å². The van der Waals surface area contributed by atoms with Gasteiger partial charge in [0, 0.05) is 54.5 Å². The number of hydrogen-bond acceptors (Lipinski definition) is 0. The van der Waals surface area contributed by atoms with Gasteiger partial charge in [0.25, 0.3) is 0 Å². The third-order valence-electron chi connectivity index (χ3n) is 14.6. The van der Waals surface area contributed by atoms with Crippen LogP contribution >= 0.6 is 0 Å². The van der Waals surface area contributed by atoms with Gasteiger partial charge in [-0.3, -0.25) is 0 Å². The van der Waals surface area contributed by atoms with E-state index in [-0.39, 0.29) is 0 Å². The second kappa shape index (κ2) is 13.8. The average molecular weight is 850 g/mol. The molecule has 0 aliphatic heterocycles. The molecule has 67 heavy (non-hydrogen) atoms. The zero-order chi connectivity index (χ0) is 43.7. The second-order valence-corrected chi connectivity index (χ2v) is 18.1. The molecule has 3 nitrogen and oxygen atoms in total. The minimum atomic E-state index is 1.15. The Balaban J connectivity index is 0.781. The van der Waals surface area contributed by atoms with Crippen molar-refractivity contribution >= 4 is 92.5 Å². The molecule has 0 unspecified atom stereocenters. The monoisotopic (exact) mass is 849 g/mol. The summed E-state index contributed by atoms with van der Waals surface area (Å²) in [7, 11) is 0. The Morgan fingerprint density at radius 1 is 0.209 bits per heavy atom. The zero-order valence-corrected chi connectivity index (χ0v) is 36.4. The molecule has 4 heterocycles. The van der Waals surface area contributed by atoms with E-state index in [2.05, 4.69) is 250 Å². The molecular formula is C64H39N3. The van der Waals surface area contributed by atoms with E-state index in [9.17, 15) is 0 Å². The highest BCUT2D eigenvalue weighted by Crippen LogP contribution is 2.43. The van der Waals surface area contributed by atoms with Gasteiger partial charge in [0.2, 0.25) is 0 Å². The van der Waals surface area contributed by atoms with Crippen molar-refractivity contribution < 1.29 is 0 Å². The first-order valence-corrected chi connectivity index (χ1v) is 23.2. The van der Waals surface area contributed by atoms with Gasteiger partial charge in [0.15, 0.2) is 0 Å². The molecule has 0 saturated carbocycles. The van der Waals surface area contributed by atoms with Crippen molar-refractivity contribution in [2.75, 3.05) is 0 Å². The predicted molar refractivity (Wildman–Crippen MR) is 284 cm³/mol. The molecule has 0 saturated heterocycles. The van der Waals surface area contributed by atoms with E-state index in [4.69, 9.17) is 0 Å². The molecule has 0 spiro atoms. The molecular weight excluding hydrogens is 811 g/mol. The molecule has 0 fully saturated rings. The third-order valence-corrected chi connectivity index (χ3v) is 14.6. The van der Waals surface area contributed by atoms with Crippen LogP contribution in [-0.4, -0.2) is 13.5 Å². The fourth-order valence-electron chi connectivity index (χ4n) is 11.5. The summed E-state index contributed by atoms with van der Waals surface area (Å²) in [6.07, 6.45) is 0. The summed E-state index contributed by atoms with van der Waals surface area (Å²) in [6.45, 7) is 0. The minimum absolute atomic E-state index is 1.15. The number of aromatic nitrogens is 3. The quantitative estimate of drug-likeness (QED) is 0.164. The summed E-state index contributed by atoms with van der Waals surface area (Å²) >= 11 is 0. The average Bonchev–Trinajstić information content (AvgIpc) is 4.12. The second-order valence-electron chi connectivity index (χ2n) is 18.1. The van der Waals surface area contributed by atoms with Crippen LogP contribution in [0.5, 0.6) is 0 Å². The van der Waals surface area contributed by atoms with Crippen molar-refractivity contribution in [3.05, 3.63) is 237 Å². The first-order valence-electron chi connectivity index (χ1n) is 23.2. The van der Waals surface area contributed by atoms with Crippen molar-refractivity contribution in [1.29, 1.82) is 0 Å². The smallest absolute Gasteiger partial charge is 0.0620 e. The normalized spacial score (nSPS) is 12.2. The molecule has 15 rings (SSSR count). The Morgan fingerprint density at radius 2 is 0.582 bits per heavy atom. The number of hydrogen-bond donors (Lipinski definition) is 0. The van der Waals surface area contributed by atoms with Crippen LogP contribution in [-0.2, 0) is 0 Å². The van der Waals surface area contributed by atoms with E-state index in [0.717, 1.165) is 5.69 Å². The lowest BCUT2D eigenvalue weighted by molar-refractivity contribution is 1.18. The van der Waals surface area contributed by atoms with Crippen molar-refractivity contribution in [2.24, 2.45) is 0 Å². The molecule has 0 N–H and O–H groups in total. The lowest BCUT2D eigenvalue weighted by Crippen LogP contribution is -1.94. The molecule has 0 atom stereocenters. The molecule has 4 aromatic heterocycles. The van der Waals surface area contributed by atoms with Crippen LogP contribution < -0.4 is 0 Å². The summed E-state index contributed by atoms with van der Waals surface area (Å²) in [6, 6.07) is 87.5. The van der Waals surface area contributed by atoms with Gasteiger partial charge in [0.1, 0.15) is 0 Å². The fraction of sp³-hybridized carbons (Fsp3) is 0. The van der Waals surface area contributed by atoms with E-state index in [0.29, 0.717) is 0 Å². The van der Waals surface area contributed by atoms with Crippen LogP contribution in [0.15, 0.2) is 237 Å². The Bertz CT molecular complexity index is 4400. The number of rotatable bonds is 5. The number of benzene rings is 11. The summed E-state index contributed by atoms with van der Waals surface area (Å²) in [5.41, 5.74) is 18.2. The fourth-order valence-corrected chi connectivity index (χ4v) is 11.5. The van der Waals surface area contributed by atoms with Crippen molar-refractivity contribution in [2.45, 2.75) is 0 Å². The summed E-state index contributed by atoms with van der Waals surface area (Å²) in [5, 5.41) is 12.7. The Hall–Kier alpha value is -8.92. The lowest BCUT2D eigenvalue weighted by Gasteiger charge is -2.11. The van der Waals surface area contributed by atoms with Gasteiger partial charge >= 0.3 is 0 Å². The molecule has 0 radical (unpaired) electrons. The summed E-state index contributed by atoms with van der Waals surface area (Å²) in [5.74, 6) is 0. The van der Waals surface area contributed by atoms with Crippen LogP contribution in [0.25, 0.3) is 137 Å². The van der Waals surface area contributed by atoms with Gasteiger partial charge in [-0.1, -0.05) is 152 Å². The molecule has 0 aliphatic carbocycles. The summed E-state index contributed by atoms with van der Waals surface area (Å²) in [4.78, 5) is 0. The SMILES string of the molecule is c1ccc2cc(-n3c4ccccc4c4cc(-c5ccc(-c6ccc7c(c6)c6ccccc6n7-c6ccc(-c7cc8c9ccccc9n9c%10ccccc%10c(c7)c89)cc6)cc5)ccc43)ccc2c1. The predicted octanol–water partition coefficient (Wildman–Crippen LogP) is 17.2. The lowest BCUT2D eigenvalue weighted by atomic mass is 9.98. The van der Waals surface area contributed by atoms with E-state index in [1.807, 2.05) is 0 Å². The van der Waals surface area contributed by atoms with Crippen LogP contribution in [0.2, 0.25) is 0 Å². The number of fused-ring (bicyclic) bond motifs is 13. The topological polar surface area (TPSA) is 14.3 Å². The maximum atomic E-state index is 2.44. The zero-order valence-electron chi connectivity index (χ0n) is 36.4. The van der Waals surface area contributed by atoms with Gasteiger partial charge in [-0.15, -0.1) is 0 Å². The standard InChI is InChI=1S/C64H39N3/c1-2-12-44-35-49(32-27-40(44)11-1)66-59-18-8-4-14-51(59)55-37-46(29-34-63(55)66)42-23-21-41(22-24-42)45-28-33-62-54(36-45)50-13-3-7-17-58(50)65(62)48-30-25-43(26-31-48)47-38-56-52-15-5-9-19-60(52)67-61-20-10-6-16-53(61)57(39-47)64(56)67/h1-39H. The first-order chi connectivity index (χ1) is 33.2.